The lowest BCUT2D eigenvalue weighted by molar-refractivity contribution is -0.0159. The topological polar surface area (TPSA) is 72.6 Å². The molecule has 106 valence electrons. The van der Waals surface area contributed by atoms with Gasteiger partial charge in [-0.3, -0.25) is 0 Å². The van der Waals surface area contributed by atoms with E-state index in [1.807, 2.05) is 6.07 Å². The molecule has 0 spiro atoms. The van der Waals surface area contributed by atoms with E-state index in [1.165, 1.54) is 7.11 Å². The summed E-state index contributed by atoms with van der Waals surface area (Å²) in [6.07, 6.45) is 0.897. The first kappa shape index (κ1) is 14.0. The van der Waals surface area contributed by atoms with Crippen LogP contribution in [0.15, 0.2) is 12.1 Å². The normalized spacial score (nSPS) is 22.6. The zero-order valence-electron chi connectivity index (χ0n) is 11.3. The van der Waals surface area contributed by atoms with E-state index in [4.69, 9.17) is 9.47 Å². The lowest BCUT2D eigenvalue weighted by Gasteiger charge is -2.25. The van der Waals surface area contributed by atoms with Crippen LogP contribution in [0.2, 0.25) is 0 Å². The van der Waals surface area contributed by atoms with Gasteiger partial charge < -0.3 is 24.5 Å². The van der Waals surface area contributed by atoms with E-state index >= 15 is 0 Å². The Morgan fingerprint density at radius 3 is 3.00 bits per heavy atom. The standard InChI is InChI=1S/C13H20N2O4/c1-17-12(16)11-4-3-10(15-11)7-14-8-13(18-2)5-6-19-9-13/h3-4,14-15H,5-9H2,1-2H3. The summed E-state index contributed by atoms with van der Waals surface area (Å²) in [6, 6.07) is 3.58. The number of ether oxygens (including phenoxy) is 3. The van der Waals surface area contributed by atoms with Gasteiger partial charge in [0.25, 0.3) is 0 Å². The minimum Gasteiger partial charge on any atom is -0.464 e. The smallest absolute Gasteiger partial charge is 0.354 e. The maximum absolute atomic E-state index is 11.3. The highest BCUT2D eigenvalue weighted by atomic mass is 16.5. The van der Waals surface area contributed by atoms with Gasteiger partial charge in [-0.1, -0.05) is 0 Å². The number of hydrogen-bond donors (Lipinski definition) is 2. The van der Waals surface area contributed by atoms with E-state index in [0.29, 0.717) is 18.8 Å². The Balaban J connectivity index is 1.82. The van der Waals surface area contributed by atoms with Crippen molar-refractivity contribution >= 4 is 5.97 Å². The van der Waals surface area contributed by atoms with E-state index in [1.54, 1.807) is 13.2 Å². The number of aromatic nitrogens is 1. The molecule has 1 saturated heterocycles. The molecule has 1 aliphatic heterocycles. The van der Waals surface area contributed by atoms with E-state index in [0.717, 1.165) is 25.3 Å². The Labute approximate surface area is 112 Å². The van der Waals surface area contributed by atoms with Crippen LogP contribution in [0.4, 0.5) is 0 Å². The van der Waals surface area contributed by atoms with E-state index in [-0.39, 0.29) is 11.6 Å². The predicted molar refractivity (Wildman–Crippen MR) is 69.0 cm³/mol. The molecule has 2 rings (SSSR count). The van der Waals surface area contributed by atoms with Gasteiger partial charge in [-0.25, -0.2) is 4.79 Å². The number of carbonyl (C=O) groups excluding carboxylic acids is 1. The van der Waals surface area contributed by atoms with E-state index in [2.05, 4.69) is 15.0 Å². The summed E-state index contributed by atoms with van der Waals surface area (Å²) in [4.78, 5) is 14.3. The largest absolute Gasteiger partial charge is 0.464 e. The van der Waals surface area contributed by atoms with Crippen molar-refractivity contribution in [1.82, 2.24) is 10.3 Å². The van der Waals surface area contributed by atoms with Gasteiger partial charge >= 0.3 is 5.97 Å². The zero-order chi connectivity index (χ0) is 13.7. The monoisotopic (exact) mass is 268 g/mol. The molecule has 1 atom stereocenters. The molecule has 0 radical (unpaired) electrons. The van der Waals surface area contributed by atoms with Gasteiger partial charge in [0, 0.05) is 38.9 Å². The van der Waals surface area contributed by atoms with Crippen molar-refractivity contribution in [1.29, 1.82) is 0 Å². The van der Waals surface area contributed by atoms with Crippen LogP contribution in [-0.4, -0.2) is 50.5 Å². The molecular weight excluding hydrogens is 248 g/mol. The maximum atomic E-state index is 11.3. The zero-order valence-corrected chi connectivity index (χ0v) is 11.3. The lowest BCUT2D eigenvalue weighted by Crippen LogP contribution is -2.42. The second kappa shape index (κ2) is 6.18. The van der Waals surface area contributed by atoms with Gasteiger partial charge in [0.05, 0.1) is 13.7 Å². The third-order valence-electron chi connectivity index (χ3n) is 3.41. The Hall–Kier alpha value is -1.37. The quantitative estimate of drug-likeness (QED) is 0.743. The Bertz CT molecular complexity index is 424. The summed E-state index contributed by atoms with van der Waals surface area (Å²) in [5, 5.41) is 3.32. The third kappa shape index (κ3) is 3.34. The van der Waals surface area contributed by atoms with Crippen LogP contribution in [0.5, 0.6) is 0 Å². The molecule has 1 aromatic rings. The number of methoxy groups -OCH3 is 2. The van der Waals surface area contributed by atoms with Crippen molar-refractivity contribution in [2.45, 2.75) is 18.6 Å². The average Bonchev–Trinajstić information content (AvgIpc) is 3.08. The summed E-state index contributed by atoms with van der Waals surface area (Å²) in [6.45, 7) is 2.72. The number of carbonyl (C=O) groups is 1. The van der Waals surface area contributed by atoms with Crippen LogP contribution in [0.25, 0.3) is 0 Å². The number of hydrogen-bond acceptors (Lipinski definition) is 5. The molecule has 0 bridgehead atoms. The van der Waals surface area contributed by atoms with Gasteiger partial charge in [-0.15, -0.1) is 0 Å². The van der Waals surface area contributed by atoms with Crippen LogP contribution in [0.1, 0.15) is 22.6 Å². The average molecular weight is 268 g/mol. The first-order valence-corrected chi connectivity index (χ1v) is 6.29. The van der Waals surface area contributed by atoms with Gasteiger partial charge in [0.1, 0.15) is 11.3 Å². The summed E-state index contributed by atoms with van der Waals surface area (Å²) in [5.41, 5.74) is 1.17. The SMILES string of the molecule is COC(=O)c1ccc(CNCC2(OC)CCOC2)[nH]1. The molecule has 1 unspecified atom stereocenters. The predicted octanol–water partition coefficient (Wildman–Crippen LogP) is 0.696. The molecule has 19 heavy (non-hydrogen) atoms. The van der Waals surface area contributed by atoms with Crippen molar-refractivity contribution in [3.05, 3.63) is 23.5 Å². The molecular formula is C13H20N2O4. The van der Waals surface area contributed by atoms with Crippen molar-refractivity contribution in [3.63, 3.8) is 0 Å². The minimum atomic E-state index is -0.358. The van der Waals surface area contributed by atoms with Crippen LogP contribution in [-0.2, 0) is 20.8 Å². The summed E-state index contributed by atoms with van der Waals surface area (Å²) in [7, 11) is 3.07. The Morgan fingerprint density at radius 2 is 2.37 bits per heavy atom. The summed E-state index contributed by atoms with van der Waals surface area (Å²) < 4.78 is 15.5. The molecule has 2 N–H and O–H groups in total. The number of esters is 1. The molecule has 6 heteroatoms. The second-order valence-corrected chi connectivity index (χ2v) is 4.68. The molecule has 0 saturated carbocycles. The summed E-state index contributed by atoms with van der Waals surface area (Å²) in [5.74, 6) is -0.358. The number of H-pyrrole nitrogens is 1. The van der Waals surface area contributed by atoms with Crippen molar-refractivity contribution < 1.29 is 19.0 Å². The highest BCUT2D eigenvalue weighted by molar-refractivity contribution is 5.87. The van der Waals surface area contributed by atoms with Crippen LogP contribution in [0.3, 0.4) is 0 Å². The third-order valence-corrected chi connectivity index (χ3v) is 3.41. The lowest BCUT2D eigenvalue weighted by atomic mass is 10.0. The molecule has 0 amide bonds. The number of rotatable bonds is 6. The van der Waals surface area contributed by atoms with Crippen molar-refractivity contribution in [2.75, 3.05) is 34.0 Å². The molecule has 1 aromatic heterocycles. The van der Waals surface area contributed by atoms with Gasteiger partial charge in [0.15, 0.2) is 0 Å². The molecule has 1 aliphatic rings. The molecule has 2 heterocycles. The van der Waals surface area contributed by atoms with Gasteiger partial charge in [-0.05, 0) is 12.1 Å². The number of aromatic amines is 1. The highest BCUT2D eigenvalue weighted by Gasteiger charge is 2.34. The summed E-state index contributed by atoms with van der Waals surface area (Å²) >= 11 is 0. The van der Waals surface area contributed by atoms with E-state index in [9.17, 15) is 4.79 Å². The van der Waals surface area contributed by atoms with Crippen molar-refractivity contribution in [2.24, 2.45) is 0 Å². The highest BCUT2D eigenvalue weighted by Crippen LogP contribution is 2.21. The molecule has 0 aromatic carbocycles. The minimum absolute atomic E-state index is 0.224. The molecule has 0 aliphatic carbocycles. The first-order valence-electron chi connectivity index (χ1n) is 6.29. The fourth-order valence-electron chi connectivity index (χ4n) is 2.16. The maximum Gasteiger partial charge on any atom is 0.354 e. The second-order valence-electron chi connectivity index (χ2n) is 4.68. The molecule has 6 nitrogen and oxygen atoms in total. The van der Waals surface area contributed by atoms with Gasteiger partial charge in [-0.2, -0.15) is 0 Å². The molecule has 1 fully saturated rings. The van der Waals surface area contributed by atoms with Crippen LogP contribution < -0.4 is 5.32 Å². The fraction of sp³-hybridized carbons (Fsp3) is 0.615. The van der Waals surface area contributed by atoms with Crippen LogP contribution in [0, 0.1) is 0 Å². The van der Waals surface area contributed by atoms with Crippen LogP contribution >= 0.6 is 0 Å². The van der Waals surface area contributed by atoms with Crippen molar-refractivity contribution in [3.8, 4) is 0 Å². The Kier molecular flexibility index (Phi) is 4.57. The fourth-order valence-corrected chi connectivity index (χ4v) is 2.16. The van der Waals surface area contributed by atoms with E-state index < -0.39 is 0 Å². The first-order chi connectivity index (χ1) is 9.19. The van der Waals surface area contributed by atoms with Gasteiger partial charge in [0.2, 0.25) is 0 Å². The number of nitrogens with one attached hydrogen (secondary N) is 2. The Morgan fingerprint density at radius 1 is 1.53 bits per heavy atom.